The fourth-order valence-electron chi connectivity index (χ4n) is 3.46. The topological polar surface area (TPSA) is 130 Å². The molecule has 1 aliphatic rings. The van der Waals surface area contributed by atoms with Gasteiger partial charge in [-0.3, -0.25) is 19.7 Å². The average molecular weight is 426 g/mol. The highest BCUT2D eigenvalue weighted by molar-refractivity contribution is 6.46. The van der Waals surface area contributed by atoms with E-state index in [1.165, 1.54) is 23.1 Å². The number of likely N-dealkylation sites (tertiary alicyclic amines) is 1. The minimum absolute atomic E-state index is 0.00259. The van der Waals surface area contributed by atoms with Gasteiger partial charge >= 0.3 is 0 Å². The maximum absolute atomic E-state index is 12.9. The highest BCUT2D eigenvalue weighted by Crippen LogP contribution is 2.40. The van der Waals surface area contributed by atoms with Crippen molar-refractivity contribution in [3.8, 4) is 0 Å². The van der Waals surface area contributed by atoms with Crippen molar-refractivity contribution in [1.29, 1.82) is 0 Å². The number of aliphatic hydroxyl groups excluding tert-OH is 2. The van der Waals surface area contributed by atoms with Crippen molar-refractivity contribution in [2.24, 2.45) is 0 Å². The van der Waals surface area contributed by atoms with E-state index in [-0.39, 0.29) is 43.4 Å². The predicted molar refractivity (Wildman–Crippen MR) is 111 cm³/mol. The Labute approximate surface area is 178 Å². The lowest BCUT2D eigenvalue weighted by molar-refractivity contribution is -0.384. The van der Waals surface area contributed by atoms with Gasteiger partial charge in [0.15, 0.2) is 0 Å². The summed E-state index contributed by atoms with van der Waals surface area (Å²) in [5.74, 6) is -2.07. The van der Waals surface area contributed by atoms with Gasteiger partial charge in [-0.1, -0.05) is 42.0 Å². The minimum Gasteiger partial charge on any atom is -0.507 e. The molecule has 0 aliphatic carbocycles. The Morgan fingerprint density at radius 3 is 2.52 bits per heavy atom. The summed E-state index contributed by atoms with van der Waals surface area (Å²) in [6, 6.07) is 11.4. The molecule has 0 bridgehead atoms. The largest absolute Gasteiger partial charge is 0.507 e. The van der Waals surface area contributed by atoms with Gasteiger partial charge in [0.1, 0.15) is 5.76 Å². The van der Waals surface area contributed by atoms with Crippen molar-refractivity contribution in [3.63, 3.8) is 0 Å². The maximum Gasteiger partial charge on any atom is 0.295 e. The van der Waals surface area contributed by atoms with Gasteiger partial charge in [-0.25, -0.2) is 0 Å². The van der Waals surface area contributed by atoms with Crippen molar-refractivity contribution in [3.05, 3.63) is 80.9 Å². The Morgan fingerprint density at radius 1 is 1.16 bits per heavy atom. The Hall–Kier alpha value is -3.56. The average Bonchev–Trinajstić information content (AvgIpc) is 3.01. The fraction of sp³-hybridized carbons (Fsp3) is 0.273. The van der Waals surface area contributed by atoms with Gasteiger partial charge in [-0.2, -0.15) is 0 Å². The Bertz CT molecular complexity index is 1030. The molecule has 1 heterocycles. The Balaban J connectivity index is 2.10. The second-order valence-electron chi connectivity index (χ2n) is 7.05. The standard InChI is InChI=1S/C22H22N2O7/c1-14-5-7-15(8-6-14)20(26)18-19(16-3-2-4-17(13-16)24(29)30)23(22(28)21(18)27)9-11-31-12-10-25/h2-8,13,19,25-26H,9-12H2,1H3. The Morgan fingerprint density at radius 2 is 1.87 bits per heavy atom. The molecule has 0 saturated carbocycles. The first-order valence-electron chi connectivity index (χ1n) is 9.63. The second-order valence-corrected chi connectivity index (χ2v) is 7.05. The highest BCUT2D eigenvalue weighted by Gasteiger charge is 2.46. The van der Waals surface area contributed by atoms with Crippen molar-refractivity contribution in [1.82, 2.24) is 4.90 Å². The molecule has 0 aromatic heterocycles. The summed E-state index contributed by atoms with van der Waals surface area (Å²) in [7, 11) is 0. The van der Waals surface area contributed by atoms with Crippen LogP contribution in [0.15, 0.2) is 54.1 Å². The van der Waals surface area contributed by atoms with E-state index in [1.54, 1.807) is 30.3 Å². The van der Waals surface area contributed by atoms with Crippen molar-refractivity contribution in [2.75, 3.05) is 26.4 Å². The van der Waals surface area contributed by atoms with Crippen LogP contribution in [0.1, 0.15) is 22.7 Å². The van der Waals surface area contributed by atoms with Crippen LogP contribution < -0.4 is 0 Å². The number of aryl methyl sites for hydroxylation is 1. The fourth-order valence-corrected chi connectivity index (χ4v) is 3.46. The van der Waals surface area contributed by atoms with Gasteiger partial charge in [-0.05, 0) is 12.5 Å². The Kier molecular flexibility index (Phi) is 6.78. The molecule has 1 amide bonds. The molecule has 1 atom stereocenters. The van der Waals surface area contributed by atoms with Crippen LogP contribution in [0.4, 0.5) is 5.69 Å². The molecule has 2 N–H and O–H groups in total. The van der Waals surface area contributed by atoms with Crippen LogP contribution in [-0.4, -0.2) is 58.1 Å². The van der Waals surface area contributed by atoms with Crippen LogP contribution in [0.5, 0.6) is 0 Å². The number of nitrogens with zero attached hydrogens (tertiary/aromatic N) is 2. The summed E-state index contributed by atoms with van der Waals surface area (Å²) in [4.78, 5) is 37.5. The normalized spacial score (nSPS) is 17.9. The second kappa shape index (κ2) is 9.50. The third-order valence-corrected chi connectivity index (χ3v) is 4.97. The zero-order valence-corrected chi connectivity index (χ0v) is 16.9. The van der Waals surface area contributed by atoms with Gasteiger partial charge in [0.25, 0.3) is 17.4 Å². The van der Waals surface area contributed by atoms with Crippen molar-refractivity contribution in [2.45, 2.75) is 13.0 Å². The zero-order chi connectivity index (χ0) is 22.5. The highest BCUT2D eigenvalue weighted by atomic mass is 16.6. The van der Waals surface area contributed by atoms with Crippen LogP contribution in [-0.2, 0) is 14.3 Å². The van der Waals surface area contributed by atoms with Crippen molar-refractivity contribution >= 4 is 23.1 Å². The molecule has 3 rings (SSSR count). The van der Waals surface area contributed by atoms with Crippen LogP contribution in [0.2, 0.25) is 0 Å². The van der Waals surface area contributed by atoms with Crippen LogP contribution in [0.3, 0.4) is 0 Å². The lowest BCUT2D eigenvalue weighted by Crippen LogP contribution is -2.33. The van der Waals surface area contributed by atoms with Crippen molar-refractivity contribution < 1.29 is 29.5 Å². The number of rotatable bonds is 8. The molecular formula is C22H22N2O7. The molecule has 0 radical (unpaired) electrons. The first kappa shape index (κ1) is 22.1. The van der Waals surface area contributed by atoms with E-state index < -0.39 is 22.7 Å². The van der Waals surface area contributed by atoms with E-state index >= 15 is 0 Å². The monoisotopic (exact) mass is 426 g/mol. The number of ketones is 1. The number of hydrogen-bond acceptors (Lipinski definition) is 7. The number of benzene rings is 2. The third-order valence-electron chi connectivity index (χ3n) is 4.97. The van der Waals surface area contributed by atoms with E-state index in [4.69, 9.17) is 9.84 Å². The summed E-state index contributed by atoms with van der Waals surface area (Å²) >= 11 is 0. The summed E-state index contributed by atoms with van der Waals surface area (Å²) in [5, 5.41) is 31.0. The molecule has 1 aliphatic heterocycles. The number of Topliss-reactive ketones (excluding diaryl/α,β-unsaturated/α-hetero) is 1. The zero-order valence-electron chi connectivity index (χ0n) is 16.9. The number of nitro benzene ring substituents is 1. The first-order valence-corrected chi connectivity index (χ1v) is 9.63. The number of aliphatic hydroxyl groups is 2. The number of non-ortho nitro benzene ring substituents is 1. The molecule has 9 heteroatoms. The van der Waals surface area contributed by atoms with E-state index in [2.05, 4.69) is 0 Å². The maximum atomic E-state index is 12.9. The summed E-state index contributed by atoms with van der Waals surface area (Å²) in [6.07, 6.45) is 0. The first-order chi connectivity index (χ1) is 14.8. The molecule has 1 saturated heterocycles. The quantitative estimate of drug-likeness (QED) is 0.165. The number of carbonyl (C=O) groups excluding carboxylic acids is 2. The molecule has 162 valence electrons. The van der Waals surface area contributed by atoms with E-state index in [1.807, 2.05) is 6.92 Å². The van der Waals surface area contributed by atoms with E-state index in [0.717, 1.165) is 5.56 Å². The summed E-state index contributed by atoms with van der Waals surface area (Å²) < 4.78 is 5.23. The number of amides is 1. The third kappa shape index (κ3) is 4.62. The molecule has 9 nitrogen and oxygen atoms in total. The lowest BCUT2D eigenvalue weighted by atomic mass is 9.95. The smallest absolute Gasteiger partial charge is 0.295 e. The van der Waals surface area contributed by atoms with Gasteiger partial charge in [0.05, 0.1) is 36.4 Å². The number of nitro groups is 1. The molecular weight excluding hydrogens is 404 g/mol. The molecule has 0 spiro atoms. The minimum atomic E-state index is -1.01. The number of ether oxygens (including phenoxy) is 1. The van der Waals surface area contributed by atoms with E-state index in [0.29, 0.717) is 11.1 Å². The van der Waals surface area contributed by atoms with Crippen LogP contribution >= 0.6 is 0 Å². The summed E-state index contributed by atoms with van der Waals surface area (Å²) in [6.45, 7) is 1.79. The van der Waals surface area contributed by atoms with Gasteiger partial charge in [-0.15, -0.1) is 0 Å². The van der Waals surface area contributed by atoms with Crippen LogP contribution in [0, 0.1) is 17.0 Å². The summed E-state index contributed by atoms with van der Waals surface area (Å²) in [5.41, 5.74) is 1.29. The predicted octanol–water partition coefficient (Wildman–Crippen LogP) is 2.33. The van der Waals surface area contributed by atoms with E-state index in [9.17, 15) is 24.8 Å². The van der Waals surface area contributed by atoms with Gasteiger partial charge in [0.2, 0.25) is 0 Å². The molecule has 2 aromatic rings. The van der Waals surface area contributed by atoms with Crippen LogP contribution in [0.25, 0.3) is 5.76 Å². The number of hydrogen-bond donors (Lipinski definition) is 2. The number of carbonyl (C=O) groups is 2. The molecule has 1 fully saturated rings. The lowest BCUT2D eigenvalue weighted by Gasteiger charge is -2.25. The molecule has 2 aromatic carbocycles. The molecule has 31 heavy (non-hydrogen) atoms. The SMILES string of the molecule is Cc1ccc(C(O)=C2C(=O)C(=O)N(CCOCCO)C2c2cccc([N+](=O)[O-])c2)cc1. The van der Waals surface area contributed by atoms with Gasteiger partial charge in [0, 0.05) is 24.2 Å². The van der Waals surface area contributed by atoms with Gasteiger partial charge < -0.3 is 19.8 Å². The molecule has 1 unspecified atom stereocenters.